The molecule has 0 radical (unpaired) electrons. The van der Waals surface area contributed by atoms with Gasteiger partial charge in [-0.2, -0.15) is 0 Å². The zero-order valence-electron chi connectivity index (χ0n) is 10.7. The van der Waals surface area contributed by atoms with Crippen LogP contribution in [-0.2, 0) is 14.3 Å². The standard InChI is InChI=1S/C13H16N2O5/c14-11-6-19-5-10(11)13(18)15-8-1-3-9(4-2-8)20-7-12(16)17/h1-4,10-11H,5-7,14H2,(H,15,18)(H,16,17). The summed E-state index contributed by atoms with van der Waals surface area (Å²) in [6, 6.07) is 6.16. The third kappa shape index (κ3) is 3.69. The summed E-state index contributed by atoms with van der Waals surface area (Å²) in [7, 11) is 0. The molecule has 108 valence electrons. The van der Waals surface area contributed by atoms with E-state index in [0.29, 0.717) is 24.7 Å². The van der Waals surface area contributed by atoms with Gasteiger partial charge in [-0.1, -0.05) is 0 Å². The Labute approximate surface area is 115 Å². The molecule has 2 unspecified atom stereocenters. The molecule has 1 aromatic carbocycles. The monoisotopic (exact) mass is 280 g/mol. The number of amides is 1. The number of nitrogens with two attached hydrogens (primary N) is 1. The molecule has 1 amide bonds. The van der Waals surface area contributed by atoms with E-state index >= 15 is 0 Å². The molecule has 2 atom stereocenters. The number of carboxylic acids is 1. The molecule has 1 aliphatic heterocycles. The zero-order valence-corrected chi connectivity index (χ0v) is 10.7. The van der Waals surface area contributed by atoms with Crippen molar-refractivity contribution in [2.24, 2.45) is 11.7 Å². The van der Waals surface area contributed by atoms with E-state index in [4.69, 9.17) is 20.3 Å². The van der Waals surface area contributed by atoms with Crippen molar-refractivity contribution < 1.29 is 24.2 Å². The fourth-order valence-corrected chi connectivity index (χ4v) is 1.86. The maximum atomic E-state index is 11.9. The molecular weight excluding hydrogens is 264 g/mol. The van der Waals surface area contributed by atoms with Crippen LogP contribution in [0.4, 0.5) is 5.69 Å². The Kier molecular flexibility index (Phi) is 4.54. The molecule has 0 aromatic heterocycles. The summed E-state index contributed by atoms with van der Waals surface area (Å²) >= 11 is 0. The van der Waals surface area contributed by atoms with Crippen molar-refractivity contribution in [2.45, 2.75) is 6.04 Å². The highest BCUT2D eigenvalue weighted by molar-refractivity contribution is 5.93. The molecule has 1 saturated heterocycles. The van der Waals surface area contributed by atoms with Crippen LogP contribution in [0.15, 0.2) is 24.3 Å². The Bertz CT molecular complexity index is 488. The molecule has 1 heterocycles. The van der Waals surface area contributed by atoms with Gasteiger partial charge in [-0.3, -0.25) is 4.79 Å². The summed E-state index contributed by atoms with van der Waals surface area (Å²) in [6.45, 7) is 0.312. The molecule has 20 heavy (non-hydrogen) atoms. The van der Waals surface area contributed by atoms with E-state index in [1.165, 1.54) is 0 Å². The third-order valence-electron chi connectivity index (χ3n) is 2.95. The first-order valence-electron chi connectivity index (χ1n) is 6.15. The smallest absolute Gasteiger partial charge is 0.341 e. The third-order valence-corrected chi connectivity index (χ3v) is 2.95. The van der Waals surface area contributed by atoms with E-state index in [0.717, 1.165) is 0 Å². The van der Waals surface area contributed by atoms with Gasteiger partial charge in [-0.15, -0.1) is 0 Å². The summed E-state index contributed by atoms with van der Waals surface area (Å²) in [5, 5.41) is 11.2. The number of ether oxygens (including phenoxy) is 2. The lowest BCUT2D eigenvalue weighted by Gasteiger charge is -2.13. The van der Waals surface area contributed by atoms with Crippen LogP contribution in [0.25, 0.3) is 0 Å². The molecular formula is C13H16N2O5. The van der Waals surface area contributed by atoms with E-state index in [1.54, 1.807) is 24.3 Å². The predicted octanol–water partition coefficient (Wildman–Crippen LogP) is 0.0622. The van der Waals surface area contributed by atoms with E-state index < -0.39 is 12.6 Å². The molecule has 1 aromatic rings. The summed E-state index contributed by atoms with van der Waals surface area (Å²) in [5.41, 5.74) is 6.36. The number of benzene rings is 1. The molecule has 7 heteroatoms. The lowest BCUT2D eigenvalue weighted by Crippen LogP contribution is -2.37. The Hall–Kier alpha value is -2.12. The van der Waals surface area contributed by atoms with Crippen LogP contribution in [-0.4, -0.2) is 42.8 Å². The Morgan fingerprint density at radius 3 is 2.60 bits per heavy atom. The van der Waals surface area contributed by atoms with E-state index in [-0.39, 0.29) is 17.9 Å². The number of anilines is 1. The first-order chi connectivity index (χ1) is 9.56. The number of nitrogens with one attached hydrogen (secondary N) is 1. The average Bonchev–Trinajstić information content (AvgIpc) is 2.84. The van der Waals surface area contributed by atoms with E-state index in [9.17, 15) is 9.59 Å². The van der Waals surface area contributed by atoms with Crippen molar-refractivity contribution in [3.63, 3.8) is 0 Å². The second-order valence-corrected chi connectivity index (χ2v) is 4.50. The summed E-state index contributed by atoms with van der Waals surface area (Å²) in [4.78, 5) is 22.3. The van der Waals surface area contributed by atoms with Gasteiger partial charge >= 0.3 is 5.97 Å². The van der Waals surface area contributed by atoms with Crippen molar-refractivity contribution in [1.82, 2.24) is 0 Å². The van der Waals surface area contributed by atoms with Crippen molar-refractivity contribution in [2.75, 3.05) is 25.1 Å². The quantitative estimate of drug-likeness (QED) is 0.703. The zero-order chi connectivity index (χ0) is 14.5. The maximum Gasteiger partial charge on any atom is 0.341 e. The van der Waals surface area contributed by atoms with Gasteiger partial charge in [-0.05, 0) is 24.3 Å². The van der Waals surface area contributed by atoms with Crippen molar-refractivity contribution in [1.29, 1.82) is 0 Å². The molecule has 0 bridgehead atoms. The van der Waals surface area contributed by atoms with E-state index in [1.807, 2.05) is 0 Å². The molecule has 0 saturated carbocycles. The second kappa shape index (κ2) is 6.36. The summed E-state index contributed by atoms with van der Waals surface area (Å²) < 4.78 is 10.1. The number of carbonyl (C=O) groups excluding carboxylic acids is 1. The largest absolute Gasteiger partial charge is 0.482 e. The normalized spacial score (nSPS) is 21.4. The van der Waals surface area contributed by atoms with Crippen molar-refractivity contribution in [3.05, 3.63) is 24.3 Å². The van der Waals surface area contributed by atoms with Crippen LogP contribution in [0.5, 0.6) is 5.75 Å². The van der Waals surface area contributed by atoms with Gasteiger partial charge in [0.2, 0.25) is 5.91 Å². The molecule has 2 rings (SSSR count). The van der Waals surface area contributed by atoms with Crippen LogP contribution < -0.4 is 15.8 Å². The van der Waals surface area contributed by atoms with Crippen molar-refractivity contribution >= 4 is 17.6 Å². The molecule has 1 fully saturated rings. The number of rotatable bonds is 5. The van der Waals surface area contributed by atoms with Crippen LogP contribution in [0, 0.1) is 5.92 Å². The van der Waals surface area contributed by atoms with E-state index in [2.05, 4.69) is 5.32 Å². The molecule has 4 N–H and O–H groups in total. The van der Waals surface area contributed by atoms with Gasteiger partial charge in [0, 0.05) is 11.7 Å². The molecule has 1 aliphatic rings. The SMILES string of the molecule is NC1COCC1C(=O)Nc1ccc(OCC(=O)O)cc1. The minimum atomic E-state index is -1.04. The number of hydrogen-bond donors (Lipinski definition) is 3. The maximum absolute atomic E-state index is 11.9. The fourth-order valence-electron chi connectivity index (χ4n) is 1.86. The topological polar surface area (TPSA) is 111 Å². The second-order valence-electron chi connectivity index (χ2n) is 4.50. The highest BCUT2D eigenvalue weighted by atomic mass is 16.5. The lowest BCUT2D eigenvalue weighted by atomic mass is 10.0. The van der Waals surface area contributed by atoms with Crippen LogP contribution >= 0.6 is 0 Å². The Morgan fingerprint density at radius 1 is 1.35 bits per heavy atom. The van der Waals surface area contributed by atoms with Crippen molar-refractivity contribution in [3.8, 4) is 5.75 Å². The average molecular weight is 280 g/mol. The first-order valence-corrected chi connectivity index (χ1v) is 6.15. The predicted molar refractivity (Wildman–Crippen MR) is 70.5 cm³/mol. The number of hydrogen-bond acceptors (Lipinski definition) is 5. The number of aliphatic carboxylic acids is 1. The van der Waals surface area contributed by atoms with Crippen LogP contribution in [0.3, 0.4) is 0 Å². The minimum absolute atomic E-state index is 0.186. The number of carboxylic acid groups (broad SMARTS) is 1. The van der Waals surface area contributed by atoms with Gasteiger partial charge < -0.3 is 25.6 Å². The molecule has 0 spiro atoms. The minimum Gasteiger partial charge on any atom is -0.482 e. The van der Waals surface area contributed by atoms with Crippen LogP contribution in [0.1, 0.15) is 0 Å². The van der Waals surface area contributed by atoms with Gasteiger partial charge in [0.1, 0.15) is 5.75 Å². The Balaban J connectivity index is 1.90. The number of carbonyl (C=O) groups is 2. The summed E-state index contributed by atoms with van der Waals surface area (Å²) in [5.74, 6) is -1.16. The van der Waals surface area contributed by atoms with Gasteiger partial charge in [0.05, 0.1) is 19.1 Å². The van der Waals surface area contributed by atoms with Crippen LogP contribution in [0.2, 0.25) is 0 Å². The lowest BCUT2D eigenvalue weighted by molar-refractivity contribution is -0.139. The Morgan fingerprint density at radius 2 is 2.05 bits per heavy atom. The highest BCUT2D eigenvalue weighted by Gasteiger charge is 2.31. The van der Waals surface area contributed by atoms with Gasteiger partial charge in [0.25, 0.3) is 0 Å². The van der Waals surface area contributed by atoms with Gasteiger partial charge in [0.15, 0.2) is 6.61 Å². The fraction of sp³-hybridized carbons (Fsp3) is 0.385. The summed E-state index contributed by atoms with van der Waals surface area (Å²) in [6.07, 6.45) is 0. The molecule has 7 nitrogen and oxygen atoms in total. The highest BCUT2D eigenvalue weighted by Crippen LogP contribution is 2.18. The first kappa shape index (κ1) is 14.3. The molecule has 0 aliphatic carbocycles. The van der Waals surface area contributed by atoms with Gasteiger partial charge in [-0.25, -0.2) is 4.79 Å².